The van der Waals surface area contributed by atoms with Crippen molar-refractivity contribution in [3.63, 3.8) is 0 Å². The molecule has 2 aromatic carbocycles. The van der Waals surface area contributed by atoms with E-state index in [1.807, 2.05) is 6.07 Å². The van der Waals surface area contributed by atoms with Gasteiger partial charge in [-0.2, -0.15) is 0 Å². The second-order valence-corrected chi connectivity index (χ2v) is 8.39. The molecular formula is C26H34N6O6. The molecule has 0 spiro atoms. The lowest BCUT2D eigenvalue weighted by molar-refractivity contribution is -0.131. The van der Waals surface area contributed by atoms with Gasteiger partial charge in [0.05, 0.1) is 19.6 Å². The van der Waals surface area contributed by atoms with Gasteiger partial charge in [0.2, 0.25) is 29.5 Å². The van der Waals surface area contributed by atoms with Gasteiger partial charge >= 0.3 is 0 Å². The van der Waals surface area contributed by atoms with E-state index in [1.165, 1.54) is 12.1 Å². The molecule has 2 rings (SSSR count). The number of aromatic hydroxyl groups is 1. The Labute approximate surface area is 220 Å². The molecule has 0 radical (unpaired) electrons. The van der Waals surface area contributed by atoms with Crippen molar-refractivity contribution in [3.8, 4) is 5.75 Å². The van der Waals surface area contributed by atoms with Crippen molar-refractivity contribution in [1.29, 1.82) is 0 Å². The summed E-state index contributed by atoms with van der Waals surface area (Å²) < 4.78 is 0. The molecule has 0 aromatic heterocycles. The van der Waals surface area contributed by atoms with Gasteiger partial charge < -0.3 is 37.4 Å². The van der Waals surface area contributed by atoms with E-state index in [2.05, 4.69) is 26.6 Å². The minimum Gasteiger partial charge on any atom is -0.508 e. The summed E-state index contributed by atoms with van der Waals surface area (Å²) in [4.78, 5) is 61.0. The average molecular weight is 527 g/mol. The van der Waals surface area contributed by atoms with Crippen LogP contribution in [0.1, 0.15) is 17.5 Å². The minimum absolute atomic E-state index is 0.135. The van der Waals surface area contributed by atoms with Gasteiger partial charge in [0, 0.05) is 25.9 Å². The van der Waals surface area contributed by atoms with Crippen LogP contribution >= 0.6 is 0 Å². The molecule has 0 aliphatic heterocycles. The predicted molar refractivity (Wildman–Crippen MR) is 140 cm³/mol. The molecule has 0 saturated heterocycles. The van der Waals surface area contributed by atoms with E-state index in [4.69, 9.17) is 5.73 Å². The zero-order valence-corrected chi connectivity index (χ0v) is 21.0. The number of phenols is 1. The Morgan fingerprint density at radius 1 is 0.711 bits per heavy atom. The number of amides is 5. The summed E-state index contributed by atoms with van der Waals surface area (Å²) in [6.07, 6.45) is 0.741. The first-order chi connectivity index (χ1) is 18.3. The molecule has 204 valence electrons. The second-order valence-electron chi connectivity index (χ2n) is 8.39. The van der Waals surface area contributed by atoms with Crippen molar-refractivity contribution in [2.24, 2.45) is 5.73 Å². The van der Waals surface area contributed by atoms with Gasteiger partial charge in [-0.25, -0.2) is 0 Å². The lowest BCUT2D eigenvalue weighted by Crippen LogP contribution is -2.52. The molecule has 0 saturated carbocycles. The van der Waals surface area contributed by atoms with Gasteiger partial charge in [0.15, 0.2) is 0 Å². The normalized spacial score (nSPS) is 11.1. The third-order valence-electron chi connectivity index (χ3n) is 5.29. The van der Waals surface area contributed by atoms with Crippen LogP contribution in [0.2, 0.25) is 0 Å². The number of carbonyl (C=O) groups excluding carboxylic acids is 5. The fourth-order valence-corrected chi connectivity index (χ4v) is 3.30. The number of benzene rings is 2. The molecule has 0 bridgehead atoms. The first kappa shape index (κ1) is 29.8. The van der Waals surface area contributed by atoms with Crippen LogP contribution in [0, 0.1) is 0 Å². The van der Waals surface area contributed by atoms with E-state index in [1.54, 1.807) is 36.4 Å². The van der Waals surface area contributed by atoms with E-state index < -0.39 is 36.2 Å². The molecule has 12 heteroatoms. The highest BCUT2D eigenvalue weighted by atomic mass is 16.3. The summed E-state index contributed by atoms with van der Waals surface area (Å²) in [5.74, 6) is -2.36. The second kappa shape index (κ2) is 16.3. The monoisotopic (exact) mass is 526 g/mol. The Balaban J connectivity index is 1.83. The van der Waals surface area contributed by atoms with Crippen LogP contribution in [0.25, 0.3) is 0 Å². The van der Waals surface area contributed by atoms with E-state index >= 15 is 0 Å². The molecule has 0 unspecified atom stereocenters. The zero-order chi connectivity index (χ0) is 27.8. The van der Waals surface area contributed by atoms with Crippen LogP contribution in [0.3, 0.4) is 0 Å². The average Bonchev–Trinajstić information content (AvgIpc) is 2.92. The van der Waals surface area contributed by atoms with E-state index in [9.17, 15) is 29.1 Å². The van der Waals surface area contributed by atoms with Crippen LogP contribution in [0.15, 0.2) is 54.6 Å². The molecule has 0 fully saturated rings. The largest absolute Gasteiger partial charge is 0.508 e. The summed E-state index contributed by atoms with van der Waals surface area (Å²) in [5.41, 5.74) is 6.95. The number of carbonyl (C=O) groups is 5. The summed E-state index contributed by atoms with van der Waals surface area (Å²) in [5, 5.41) is 21.8. The van der Waals surface area contributed by atoms with Crippen LogP contribution in [0.4, 0.5) is 0 Å². The zero-order valence-electron chi connectivity index (χ0n) is 21.0. The lowest BCUT2D eigenvalue weighted by atomic mass is 10.1. The molecule has 2 aromatic rings. The molecule has 5 amide bonds. The Hall–Kier alpha value is -4.45. The molecule has 0 heterocycles. The first-order valence-corrected chi connectivity index (χ1v) is 12.2. The molecule has 8 N–H and O–H groups in total. The summed E-state index contributed by atoms with van der Waals surface area (Å²) in [7, 11) is 0. The van der Waals surface area contributed by atoms with Crippen molar-refractivity contribution in [2.45, 2.75) is 25.3 Å². The van der Waals surface area contributed by atoms with Crippen LogP contribution in [-0.4, -0.2) is 73.4 Å². The Bertz CT molecular complexity index is 1080. The summed E-state index contributed by atoms with van der Waals surface area (Å²) in [6.45, 7) is -0.423. The number of nitrogens with one attached hydrogen (secondary N) is 5. The third-order valence-corrected chi connectivity index (χ3v) is 5.29. The number of rotatable bonds is 15. The van der Waals surface area contributed by atoms with Crippen LogP contribution in [0.5, 0.6) is 5.75 Å². The van der Waals surface area contributed by atoms with Crippen LogP contribution < -0.4 is 32.3 Å². The van der Waals surface area contributed by atoms with Gasteiger partial charge in [-0.05, 0) is 29.7 Å². The van der Waals surface area contributed by atoms with E-state index in [0.29, 0.717) is 6.42 Å². The highest BCUT2D eigenvalue weighted by Crippen LogP contribution is 2.11. The van der Waals surface area contributed by atoms with Gasteiger partial charge in [-0.15, -0.1) is 0 Å². The summed E-state index contributed by atoms with van der Waals surface area (Å²) in [6, 6.07) is 14.5. The molecular weight excluding hydrogens is 492 g/mol. The number of hydrogen-bond acceptors (Lipinski definition) is 7. The number of aryl methyl sites for hydroxylation is 1. The van der Waals surface area contributed by atoms with Gasteiger partial charge in [0.1, 0.15) is 11.8 Å². The van der Waals surface area contributed by atoms with E-state index in [0.717, 1.165) is 11.1 Å². The molecule has 0 aliphatic carbocycles. The number of nitrogens with two attached hydrogens (primary N) is 1. The maximum absolute atomic E-state index is 12.8. The van der Waals surface area contributed by atoms with Gasteiger partial charge in [-0.3, -0.25) is 24.0 Å². The van der Waals surface area contributed by atoms with E-state index in [-0.39, 0.29) is 50.7 Å². The maximum atomic E-state index is 12.8. The standard InChI is InChI=1S/C26H34N6O6/c27-12-13-28-23(35)15-30-24(36)16-31-26(38)21(14-19-4-2-1-3-5-19)32-25(37)17-29-22(34)11-8-18-6-9-20(33)10-7-18/h1-7,9-10,21,33H,8,11-17,27H2,(H,28,35)(H,29,34)(H,30,36)(H,31,38)(H,32,37)/t21-/m0/s1. The van der Waals surface area contributed by atoms with Gasteiger partial charge in [-0.1, -0.05) is 42.5 Å². The number of phenolic OH excluding ortho intramolecular Hbond substituents is 1. The molecule has 0 aliphatic rings. The fraction of sp³-hybridized carbons (Fsp3) is 0.346. The Morgan fingerprint density at radius 2 is 1.32 bits per heavy atom. The smallest absolute Gasteiger partial charge is 0.243 e. The highest BCUT2D eigenvalue weighted by Gasteiger charge is 2.22. The third kappa shape index (κ3) is 12.0. The molecule has 12 nitrogen and oxygen atoms in total. The summed E-state index contributed by atoms with van der Waals surface area (Å²) >= 11 is 0. The number of hydrogen-bond donors (Lipinski definition) is 7. The topological polar surface area (TPSA) is 192 Å². The minimum atomic E-state index is -1.00. The maximum Gasteiger partial charge on any atom is 0.243 e. The van der Waals surface area contributed by atoms with Gasteiger partial charge in [0.25, 0.3) is 0 Å². The first-order valence-electron chi connectivity index (χ1n) is 12.2. The van der Waals surface area contributed by atoms with Crippen molar-refractivity contribution < 1.29 is 29.1 Å². The Morgan fingerprint density at radius 3 is 2.00 bits per heavy atom. The SMILES string of the molecule is NCCNC(=O)CNC(=O)CNC(=O)[C@H](Cc1ccccc1)NC(=O)CNC(=O)CCc1ccc(O)cc1. The predicted octanol–water partition coefficient (Wildman–Crippen LogP) is -1.52. The van der Waals surface area contributed by atoms with Crippen molar-refractivity contribution in [2.75, 3.05) is 32.7 Å². The van der Waals surface area contributed by atoms with Crippen molar-refractivity contribution in [1.82, 2.24) is 26.6 Å². The van der Waals surface area contributed by atoms with Crippen molar-refractivity contribution >= 4 is 29.5 Å². The highest BCUT2D eigenvalue weighted by molar-refractivity contribution is 5.93. The van der Waals surface area contributed by atoms with Crippen LogP contribution in [-0.2, 0) is 36.8 Å². The quantitative estimate of drug-likeness (QED) is 0.146. The van der Waals surface area contributed by atoms with Crippen molar-refractivity contribution in [3.05, 3.63) is 65.7 Å². The molecule has 38 heavy (non-hydrogen) atoms. The molecule has 1 atom stereocenters. The fourth-order valence-electron chi connectivity index (χ4n) is 3.30. The lowest BCUT2D eigenvalue weighted by Gasteiger charge is -2.19. The Kier molecular flexibility index (Phi) is 12.8.